The first kappa shape index (κ1) is 15.2. The minimum Gasteiger partial charge on any atom is -0.302 e. The van der Waals surface area contributed by atoms with Crippen LogP contribution in [-0.4, -0.2) is 30.3 Å². The fraction of sp³-hybridized carbons (Fsp3) is 0.611. The summed E-state index contributed by atoms with van der Waals surface area (Å²) in [6, 6.07) is 9.69. The highest BCUT2D eigenvalue weighted by molar-refractivity contribution is 6.00. The molecule has 0 N–H and O–H groups in total. The van der Waals surface area contributed by atoms with Gasteiger partial charge in [-0.3, -0.25) is 4.79 Å². The van der Waals surface area contributed by atoms with Crippen LogP contribution in [0.3, 0.4) is 0 Å². The maximum Gasteiger partial charge on any atom is 0.169 e. The average molecular weight is 273 g/mol. The molecule has 1 saturated heterocycles. The summed E-state index contributed by atoms with van der Waals surface area (Å²) in [6.45, 7) is 9.60. The molecule has 0 spiro atoms. The number of likely N-dealkylation sites (tertiary alicyclic amines) is 1. The molecule has 1 atom stereocenters. The van der Waals surface area contributed by atoms with Gasteiger partial charge in [0.25, 0.3) is 0 Å². The van der Waals surface area contributed by atoms with Crippen molar-refractivity contribution in [2.45, 2.75) is 40.0 Å². The molecule has 0 amide bonds. The Morgan fingerprint density at radius 1 is 1.30 bits per heavy atom. The van der Waals surface area contributed by atoms with E-state index in [9.17, 15) is 4.79 Å². The Morgan fingerprint density at radius 2 is 2.00 bits per heavy atom. The maximum atomic E-state index is 12.6. The summed E-state index contributed by atoms with van der Waals surface area (Å²) in [5.74, 6) is 1.10. The third-order valence-electron chi connectivity index (χ3n) is 4.34. The van der Waals surface area contributed by atoms with E-state index < -0.39 is 0 Å². The first-order chi connectivity index (χ1) is 9.53. The van der Waals surface area contributed by atoms with E-state index >= 15 is 0 Å². The fourth-order valence-corrected chi connectivity index (χ4v) is 3.31. The van der Waals surface area contributed by atoms with Crippen molar-refractivity contribution in [1.82, 2.24) is 4.90 Å². The van der Waals surface area contributed by atoms with E-state index in [2.05, 4.69) is 25.7 Å². The lowest BCUT2D eigenvalue weighted by atomic mass is 9.83. The summed E-state index contributed by atoms with van der Waals surface area (Å²) in [5, 5.41) is 0. The van der Waals surface area contributed by atoms with Crippen LogP contribution in [0.25, 0.3) is 0 Å². The Morgan fingerprint density at radius 3 is 2.65 bits per heavy atom. The van der Waals surface area contributed by atoms with Crippen LogP contribution in [0.5, 0.6) is 0 Å². The molecule has 2 heteroatoms. The Hall–Kier alpha value is -1.15. The van der Waals surface area contributed by atoms with Gasteiger partial charge in [0.05, 0.1) is 0 Å². The van der Waals surface area contributed by atoms with Crippen molar-refractivity contribution in [2.24, 2.45) is 11.3 Å². The van der Waals surface area contributed by atoms with Crippen LogP contribution in [0, 0.1) is 11.3 Å². The Bertz CT molecular complexity index is 438. The van der Waals surface area contributed by atoms with Crippen molar-refractivity contribution < 1.29 is 4.79 Å². The largest absolute Gasteiger partial charge is 0.302 e. The second-order valence-electron chi connectivity index (χ2n) is 6.76. The van der Waals surface area contributed by atoms with Gasteiger partial charge in [-0.15, -0.1) is 0 Å². The molecule has 1 aliphatic heterocycles. The molecule has 110 valence electrons. The zero-order valence-corrected chi connectivity index (χ0v) is 13.1. The Labute approximate surface area is 123 Å². The van der Waals surface area contributed by atoms with Crippen LogP contribution in [0.2, 0.25) is 0 Å². The number of hydrogen-bond acceptors (Lipinski definition) is 2. The van der Waals surface area contributed by atoms with Crippen LogP contribution in [0.4, 0.5) is 0 Å². The monoisotopic (exact) mass is 273 g/mol. The highest BCUT2D eigenvalue weighted by atomic mass is 16.1. The van der Waals surface area contributed by atoms with Crippen LogP contribution in [0.1, 0.15) is 50.4 Å². The van der Waals surface area contributed by atoms with Crippen LogP contribution >= 0.6 is 0 Å². The van der Waals surface area contributed by atoms with Crippen molar-refractivity contribution in [3.05, 3.63) is 35.9 Å². The van der Waals surface area contributed by atoms with Crippen molar-refractivity contribution in [3.8, 4) is 0 Å². The number of hydrogen-bond donors (Lipinski definition) is 0. The van der Waals surface area contributed by atoms with Gasteiger partial charge >= 0.3 is 0 Å². The lowest BCUT2D eigenvalue weighted by Crippen LogP contribution is -2.38. The molecular formula is C18H27NO. The molecule has 0 radical (unpaired) electrons. The number of carbonyl (C=O) groups excluding carboxylic acids is 1. The smallest absolute Gasteiger partial charge is 0.169 e. The third-order valence-corrected chi connectivity index (χ3v) is 4.34. The molecule has 1 fully saturated rings. The number of ketones is 1. The second-order valence-corrected chi connectivity index (χ2v) is 6.76. The highest BCUT2D eigenvalue weighted by Crippen LogP contribution is 2.28. The quantitative estimate of drug-likeness (QED) is 0.730. The molecule has 0 bridgehead atoms. The zero-order chi connectivity index (χ0) is 14.6. The van der Waals surface area contributed by atoms with Crippen molar-refractivity contribution in [1.29, 1.82) is 0 Å². The number of rotatable bonds is 6. The highest BCUT2D eigenvalue weighted by Gasteiger charge is 2.33. The molecule has 1 aliphatic rings. The summed E-state index contributed by atoms with van der Waals surface area (Å²) in [6.07, 6.45) is 3.89. The SMILES string of the molecule is CCCC1CCN(CC(C)(C)C(=O)c2ccccc2)C1. The molecule has 1 heterocycles. The summed E-state index contributed by atoms with van der Waals surface area (Å²) < 4.78 is 0. The molecule has 0 saturated carbocycles. The van der Waals surface area contributed by atoms with Gasteiger partial charge in [-0.2, -0.15) is 0 Å². The number of benzene rings is 1. The number of nitrogens with zero attached hydrogens (tertiary/aromatic N) is 1. The van der Waals surface area contributed by atoms with E-state index in [1.165, 1.54) is 25.8 Å². The van der Waals surface area contributed by atoms with Gasteiger partial charge in [0, 0.05) is 24.1 Å². The lowest BCUT2D eigenvalue weighted by Gasteiger charge is -2.29. The molecule has 2 rings (SSSR count). The van der Waals surface area contributed by atoms with Crippen LogP contribution in [-0.2, 0) is 0 Å². The fourth-order valence-electron chi connectivity index (χ4n) is 3.31. The molecule has 20 heavy (non-hydrogen) atoms. The van der Waals surface area contributed by atoms with Gasteiger partial charge in [-0.05, 0) is 25.3 Å². The van der Waals surface area contributed by atoms with Gasteiger partial charge in [-0.1, -0.05) is 57.5 Å². The summed E-state index contributed by atoms with van der Waals surface area (Å²) in [4.78, 5) is 15.1. The van der Waals surface area contributed by atoms with E-state index in [1.807, 2.05) is 30.3 Å². The van der Waals surface area contributed by atoms with Crippen molar-refractivity contribution >= 4 is 5.78 Å². The van der Waals surface area contributed by atoms with Crippen LogP contribution in [0.15, 0.2) is 30.3 Å². The minimum absolute atomic E-state index is 0.261. The molecule has 0 aromatic heterocycles. The normalized spacial score (nSPS) is 20.2. The maximum absolute atomic E-state index is 12.6. The van der Waals surface area contributed by atoms with Crippen molar-refractivity contribution in [3.63, 3.8) is 0 Å². The van der Waals surface area contributed by atoms with Gasteiger partial charge < -0.3 is 4.90 Å². The molecule has 1 aromatic carbocycles. The molecule has 1 unspecified atom stereocenters. The molecule has 1 aromatic rings. The van der Waals surface area contributed by atoms with E-state index in [4.69, 9.17) is 0 Å². The van der Waals surface area contributed by atoms with E-state index in [-0.39, 0.29) is 11.2 Å². The first-order valence-corrected chi connectivity index (χ1v) is 7.85. The topological polar surface area (TPSA) is 20.3 Å². The average Bonchev–Trinajstić information content (AvgIpc) is 2.86. The predicted molar refractivity (Wildman–Crippen MR) is 84.0 cm³/mol. The Kier molecular flexibility index (Phi) is 4.98. The van der Waals surface area contributed by atoms with Gasteiger partial charge in [0.1, 0.15) is 0 Å². The number of Topliss-reactive ketones (excluding diaryl/α,β-unsaturated/α-hetero) is 1. The predicted octanol–water partition coefficient (Wildman–Crippen LogP) is 4.02. The second kappa shape index (κ2) is 6.53. The number of carbonyl (C=O) groups is 1. The van der Waals surface area contributed by atoms with E-state index in [1.54, 1.807) is 0 Å². The van der Waals surface area contributed by atoms with Crippen molar-refractivity contribution in [2.75, 3.05) is 19.6 Å². The third kappa shape index (κ3) is 3.69. The van der Waals surface area contributed by atoms with E-state index in [0.29, 0.717) is 0 Å². The first-order valence-electron chi connectivity index (χ1n) is 7.85. The van der Waals surface area contributed by atoms with Gasteiger partial charge in [0.2, 0.25) is 0 Å². The molecular weight excluding hydrogens is 246 g/mol. The van der Waals surface area contributed by atoms with Crippen LogP contribution < -0.4 is 0 Å². The Balaban J connectivity index is 1.96. The zero-order valence-electron chi connectivity index (χ0n) is 13.1. The van der Waals surface area contributed by atoms with E-state index in [0.717, 1.165) is 24.6 Å². The standard InChI is InChI=1S/C18H27NO/c1-4-8-15-11-12-19(13-15)14-18(2,3)17(20)16-9-6-5-7-10-16/h5-7,9-10,15H,4,8,11-14H2,1-3H3. The van der Waals surface area contributed by atoms with Gasteiger partial charge in [0.15, 0.2) is 5.78 Å². The van der Waals surface area contributed by atoms with Gasteiger partial charge in [-0.25, -0.2) is 0 Å². The summed E-state index contributed by atoms with van der Waals surface area (Å²) in [7, 11) is 0. The molecule has 2 nitrogen and oxygen atoms in total. The lowest BCUT2D eigenvalue weighted by molar-refractivity contribution is 0.0779. The summed E-state index contributed by atoms with van der Waals surface area (Å²) >= 11 is 0. The molecule has 0 aliphatic carbocycles. The summed E-state index contributed by atoms with van der Waals surface area (Å²) in [5.41, 5.74) is 0.532. The minimum atomic E-state index is -0.303.